The molecule has 0 fully saturated rings. The molecule has 0 heterocycles. The molecule has 0 N–H and O–H groups in total. The monoisotopic (exact) mass is 383 g/mol. The average molecular weight is 383 g/mol. The molecule has 0 amide bonds. The van der Waals surface area contributed by atoms with Gasteiger partial charge in [-0.3, -0.25) is 14.9 Å². The van der Waals surface area contributed by atoms with E-state index in [4.69, 9.17) is 18.9 Å². The molecule has 1 rings (SSSR count). The second kappa shape index (κ2) is 10.7. The molecular formula is C19H29NO7. The largest absolute Gasteiger partial charge is 0.493 e. The molecule has 1 aromatic rings. The third-order valence-electron chi connectivity index (χ3n) is 3.58. The van der Waals surface area contributed by atoms with E-state index in [2.05, 4.69) is 0 Å². The van der Waals surface area contributed by atoms with Crippen LogP contribution in [-0.2, 0) is 14.3 Å². The van der Waals surface area contributed by atoms with E-state index in [1.165, 1.54) is 19.2 Å². The van der Waals surface area contributed by atoms with Gasteiger partial charge in [-0.05, 0) is 24.8 Å². The van der Waals surface area contributed by atoms with Gasteiger partial charge in [-0.25, -0.2) is 0 Å². The van der Waals surface area contributed by atoms with Gasteiger partial charge in [0.2, 0.25) is 0 Å². The van der Waals surface area contributed by atoms with Crippen molar-refractivity contribution in [2.45, 2.75) is 47.1 Å². The lowest BCUT2D eigenvalue weighted by Gasteiger charge is -2.17. The third kappa shape index (κ3) is 7.42. The number of methoxy groups -OCH3 is 1. The topological polar surface area (TPSA) is 97.1 Å². The number of benzene rings is 1. The molecule has 0 radical (unpaired) electrons. The standard InChI is InChI=1S/C19H29NO7/c1-12(2)7-19(21)27-14(5)15-8-17(24-6)18(9-16(15)20(22)23)26-11-25-10-13(3)4/h8-9,12-14H,7,10-11H2,1-6H3. The zero-order valence-electron chi connectivity index (χ0n) is 16.8. The summed E-state index contributed by atoms with van der Waals surface area (Å²) in [6, 6.07) is 2.73. The van der Waals surface area contributed by atoms with Crippen molar-refractivity contribution < 1.29 is 28.7 Å². The molecule has 1 unspecified atom stereocenters. The van der Waals surface area contributed by atoms with Crippen LogP contribution in [0.2, 0.25) is 0 Å². The van der Waals surface area contributed by atoms with Gasteiger partial charge >= 0.3 is 5.97 Å². The number of esters is 1. The van der Waals surface area contributed by atoms with Gasteiger partial charge < -0.3 is 18.9 Å². The molecule has 8 nitrogen and oxygen atoms in total. The van der Waals surface area contributed by atoms with Gasteiger partial charge in [-0.2, -0.15) is 0 Å². The Morgan fingerprint density at radius 1 is 1.11 bits per heavy atom. The number of nitrogens with zero attached hydrogens (tertiary/aromatic N) is 1. The zero-order valence-corrected chi connectivity index (χ0v) is 16.8. The van der Waals surface area contributed by atoms with Crippen molar-refractivity contribution in [1.82, 2.24) is 0 Å². The van der Waals surface area contributed by atoms with E-state index in [0.717, 1.165) is 0 Å². The van der Waals surface area contributed by atoms with Crippen molar-refractivity contribution in [3.05, 3.63) is 27.8 Å². The molecular weight excluding hydrogens is 354 g/mol. The molecule has 8 heteroatoms. The summed E-state index contributed by atoms with van der Waals surface area (Å²) in [6.45, 7) is 9.84. The molecule has 1 aromatic carbocycles. The summed E-state index contributed by atoms with van der Waals surface area (Å²) in [7, 11) is 1.43. The van der Waals surface area contributed by atoms with Gasteiger partial charge in [0, 0.05) is 6.42 Å². The fourth-order valence-corrected chi connectivity index (χ4v) is 2.35. The van der Waals surface area contributed by atoms with E-state index in [1.807, 2.05) is 27.7 Å². The number of ether oxygens (including phenoxy) is 4. The molecule has 1 atom stereocenters. The number of nitro benzene ring substituents is 1. The lowest BCUT2D eigenvalue weighted by Crippen LogP contribution is -2.13. The smallest absolute Gasteiger partial charge is 0.306 e. The van der Waals surface area contributed by atoms with Crippen LogP contribution < -0.4 is 9.47 Å². The minimum absolute atomic E-state index is 0.0516. The first-order valence-electron chi connectivity index (χ1n) is 8.92. The van der Waals surface area contributed by atoms with Crippen molar-refractivity contribution >= 4 is 11.7 Å². The van der Waals surface area contributed by atoms with Crippen molar-refractivity contribution in [2.24, 2.45) is 11.8 Å². The maximum absolute atomic E-state index is 11.9. The van der Waals surface area contributed by atoms with Crippen LogP contribution in [0.5, 0.6) is 11.5 Å². The van der Waals surface area contributed by atoms with Gasteiger partial charge in [-0.1, -0.05) is 27.7 Å². The predicted molar refractivity (Wildman–Crippen MR) is 99.9 cm³/mol. The molecule has 0 aliphatic carbocycles. The van der Waals surface area contributed by atoms with E-state index >= 15 is 0 Å². The van der Waals surface area contributed by atoms with Crippen LogP contribution in [0.1, 0.15) is 52.7 Å². The van der Waals surface area contributed by atoms with E-state index in [0.29, 0.717) is 18.3 Å². The third-order valence-corrected chi connectivity index (χ3v) is 3.58. The lowest BCUT2D eigenvalue weighted by atomic mass is 10.1. The molecule has 0 saturated heterocycles. The van der Waals surface area contributed by atoms with Crippen LogP contribution in [-0.4, -0.2) is 31.4 Å². The summed E-state index contributed by atoms with van der Waals surface area (Å²) in [5, 5.41) is 11.5. The van der Waals surface area contributed by atoms with Gasteiger partial charge in [0.25, 0.3) is 5.69 Å². The molecule has 0 bridgehead atoms. The SMILES string of the molecule is COc1cc(C(C)OC(=O)CC(C)C)c([N+](=O)[O-])cc1OCOCC(C)C. The van der Waals surface area contributed by atoms with Crippen LogP contribution in [0, 0.1) is 22.0 Å². The summed E-state index contributed by atoms with van der Waals surface area (Å²) >= 11 is 0. The first-order chi connectivity index (χ1) is 12.6. The second-order valence-corrected chi connectivity index (χ2v) is 7.08. The Bertz CT molecular complexity index is 643. The quantitative estimate of drug-likeness (QED) is 0.185. The Balaban J connectivity index is 3.03. The minimum atomic E-state index is -0.795. The Kier molecular flexibility index (Phi) is 9.00. The maximum Gasteiger partial charge on any atom is 0.306 e. The van der Waals surface area contributed by atoms with Gasteiger partial charge in [-0.15, -0.1) is 0 Å². The summed E-state index contributed by atoms with van der Waals surface area (Å²) in [4.78, 5) is 22.9. The van der Waals surface area contributed by atoms with Crippen molar-refractivity contribution in [3.8, 4) is 11.5 Å². The lowest BCUT2D eigenvalue weighted by molar-refractivity contribution is -0.386. The molecule has 0 saturated carbocycles. The maximum atomic E-state index is 11.9. The van der Waals surface area contributed by atoms with Crippen LogP contribution in [0.4, 0.5) is 5.69 Å². The van der Waals surface area contributed by atoms with Crippen LogP contribution in [0.3, 0.4) is 0 Å². The highest BCUT2D eigenvalue weighted by Crippen LogP contribution is 2.38. The summed E-state index contributed by atoms with van der Waals surface area (Å²) in [5.41, 5.74) is 0.0314. The van der Waals surface area contributed by atoms with E-state index in [9.17, 15) is 14.9 Å². The molecule has 0 aliphatic heterocycles. The van der Waals surface area contributed by atoms with Crippen molar-refractivity contribution in [1.29, 1.82) is 0 Å². The zero-order chi connectivity index (χ0) is 20.6. The minimum Gasteiger partial charge on any atom is -0.493 e. The number of hydrogen-bond donors (Lipinski definition) is 0. The first-order valence-corrected chi connectivity index (χ1v) is 8.92. The molecule has 0 spiro atoms. The van der Waals surface area contributed by atoms with Crippen molar-refractivity contribution in [2.75, 3.05) is 20.5 Å². The normalized spacial score (nSPS) is 12.1. The highest BCUT2D eigenvalue weighted by molar-refractivity contribution is 5.70. The molecule has 152 valence electrons. The van der Waals surface area contributed by atoms with Crippen LogP contribution in [0.15, 0.2) is 12.1 Å². The Morgan fingerprint density at radius 2 is 1.78 bits per heavy atom. The fourth-order valence-electron chi connectivity index (χ4n) is 2.35. The average Bonchev–Trinajstić information content (AvgIpc) is 2.56. The van der Waals surface area contributed by atoms with Gasteiger partial charge in [0.05, 0.1) is 30.3 Å². The number of carbonyl (C=O) groups is 1. The van der Waals surface area contributed by atoms with E-state index in [1.54, 1.807) is 6.92 Å². The second-order valence-electron chi connectivity index (χ2n) is 7.08. The Labute approximate surface area is 159 Å². The number of rotatable bonds is 11. The first kappa shape index (κ1) is 22.7. The van der Waals surface area contributed by atoms with Gasteiger partial charge in [0.1, 0.15) is 6.10 Å². The van der Waals surface area contributed by atoms with Crippen LogP contribution in [0.25, 0.3) is 0 Å². The van der Waals surface area contributed by atoms with E-state index in [-0.39, 0.29) is 36.1 Å². The van der Waals surface area contributed by atoms with Crippen LogP contribution >= 0.6 is 0 Å². The van der Waals surface area contributed by atoms with E-state index < -0.39 is 17.0 Å². The highest BCUT2D eigenvalue weighted by atomic mass is 16.7. The summed E-state index contributed by atoms with van der Waals surface area (Å²) < 4.78 is 21.4. The summed E-state index contributed by atoms with van der Waals surface area (Å²) in [6.07, 6.45) is -0.555. The molecule has 27 heavy (non-hydrogen) atoms. The number of nitro groups is 1. The number of hydrogen-bond acceptors (Lipinski definition) is 7. The summed E-state index contributed by atoms with van der Waals surface area (Å²) in [5.74, 6) is 0.561. The highest BCUT2D eigenvalue weighted by Gasteiger charge is 2.26. The Morgan fingerprint density at radius 3 is 2.30 bits per heavy atom. The number of carbonyl (C=O) groups excluding carboxylic acids is 1. The fraction of sp³-hybridized carbons (Fsp3) is 0.632. The predicted octanol–water partition coefficient (Wildman–Crippen LogP) is 4.26. The Hall–Kier alpha value is -2.35. The van der Waals surface area contributed by atoms with Crippen molar-refractivity contribution in [3.63, 3.8) is 0 Å². The van der Waals surface area contributed by atoms with Gasteiger partial charge in [0.15, 0.2) is 18.3 Å². The molecule has 0 aromatic heterocycles. The molecule has 0 aliphatic rings.